The Bertz CT molecular complexity index is 519. The highest BCUT2D eigenvalue weighted by molar-refractivity contribution is 6.30. The lowest BCUT2D eigenvalue weighted by Crippen LogP contribution is -2.38. The van der Waals surface area contributed by atoms with Crippen LogP contribution in [-0.2, 0) is 16.0 Å². The molecule has 1 aromatic rings. The van der Waals surface area contributed by atoms with Gasteiger partial charge in [0.1, 0.15) is 12.4 Å². The molecule has 1 heterocycles. The molecule has 0 aliphatic carbocycles. The molecule has 108 valence electrons. The number of carbonyl (C=O) groups is 2. The summed E-state index contributed by atoms with van der Waals surface area (Å²) >= 11 is 5.94. The fourth-order valence-corrected chi connectivity index (χ4v) is 2.34. The van der Waals surface area contributed by atoms with E-state index >= 15 is 0 Å². The number of hydrogen-bond acceptors (Lipinski definition) is 3. The normalized spacial score (nSPS) is 16.9. The molecule has 1 aliphatic rings. The Balaban J connectivity index is 1.85. The summed E-state index contributed by atoms with van der Waals surface area (Å²) in [5, 5.41) is 3.43. The van der Waals surface area contributed by atoms with Crippen LogP contribution in [-0.4, -0.2) is 25.0 Å². The van der Waals surface area contributed by atoms with Crippen LogP contribution in [0.4, 0.5) is 0 Å². The third-order valence-electron chi connectivity index (χ3n) is 3.20. The number of nitrogens with two attached hydrogens (primary N) is 1. The van der Waals surface area contributed by atoms with E-state index in [2.05, 4.69) is 5.32 Å². The largest absolute Gasteiger partial charge is 0.492 e. The number of carbonyl (C=O) groups excluding carboxylic acids is 2. The van der Waals surface area contributed by atoms with E-state index in [0.29, 0.717) is 31.0 Å². The predicted molar refractivity (Wildman–Crippen MR) is 75.6 cm³/mol. The van der Waals surface area contributed by atoms with Crippen LogP contribution >= 0.6 is 11.6 Å². The second-order valence-electron chi connectivity index (χ2n) is 4.82. The van der Waals surface area contributed by atoms with Gasteiger partial charge in [-0.15, -0.1) is 0 Å². The van der Waals surface area contributed by atoms with Crippen LogP contribution in [0, 0.1) is 5.92 Å². The summed E-state index contributed by atoms with van der Waals surface area (Å²) in [4.78, 5) is 22.6. The minimum Gasteiger partial charge on any atom is -0.492 e. The Kier molecular flexibility index (Phi) is 4.84. The number of ether oxygens (including phenoxy) is 1. The molecule has 2 amide bonds. The van der Waals surface area contributed by atoms with E-state index in [1.807, 2.05) is 12.1 Å². The maximum absolute atomic E-state index is 12.0. The molecule has 5 nitrogen and oxygen atoms in total. The van der Waals surface area contributed by atoms with Crippen molar-refractivity contribution in [1.82, 2.24) is 5.32 Å². The van der Waals surface area contributed by atoms with Crippen molar-refractivity contribution in [3.63, 3.8) is 0 Å². The monoisotopic (exact) mass is 296 g/mol. The van der Waals surface area contributed by atoms with E-state index in [1.165, 1.54) is 0 Å². The van der Waals surface area contributed by atoms with Gasteiger partial charge in [0.15, 0.2) is 0 Å². The van der Waals surface area contributed by atoms with Crippen LogP contribution in [0.1, 0.15) is 18.4 Å². The highest BCUT2D eigenvalue weighted by Gasteiger charge is 2.25. The molecule has 20 heavy (non-hydrogen) atoms. The van der Waals surface area contributed by atoms with Gasteiger partial charge in [-0.05, 0) is 36.6 Å². The number of amides is 2. The first kappa shape index (κ1) is 14.7. The average Bonchev–Trinajstić information content (AvgIpc) is 2.42. The summed E-state index contributed by atoms with van der Waals surface area (Å²) in [6.07, 6.45) is 1.44. The molecule has 0 fully saturated rings. The zero-order valence-electron chi connectivity index (χ0n) is 11.0. The first-order valence-corrected chi connectivity index (χ1v) is 6.91. The van der Waals surface area contributed by atoms with Crippen LogP contribution in [0.3, 0.4) is 0 Å². The second-order valence-corrected chi connectivity index (χ2v) is 5.26. The van der Waals surface area contributed by atoms with Crippen molar-refractivity contribution in [2.45, 2.75) is 19.3 Å². The van der Waals surface area contributed by atoms with E-state index in [4.69, 9.17) is 22.1 Å². The molecule has 0 aromatic heterocycles. The number of rotatable bonds is 5. The van der Waals surface area contributed by atoms with Crippen molar-refractivity contribution >= 4 is 23.4 Å². The topological polar surface area (TPSA) is 81.4 Å². The number of hydrogen-bond donors (Lipinski definition) is 2. The molecule has 0 saturated heterocycles. The molecule has 2 rings (SSSR count). The minimum atomic E-state index is -0.358. The highest BCUT2D eigenvalue weighted by atomic mass is 35.5. The standard InChI is InChI=1S/C14H17ClN2O3/c15-11-3-4-12-9(7-11)6-10(8-20-12)14(19)17-5-1-2-13(16)18/h3-4,7,10H,1-2,5-6,8H2,(H2,16,18)(H,17,19). The lowest BCUT2D eigenvalue weighted by Gasteiger charge is -2.24. The first-order valence-electron chi connectivity index (χ1n) is 6.53. The molecule has 1 aliphatic heterocycles. The SMILES string of the molecule is NC(=O)CCCNC(=O)C1COc2ccc(Cl)cc2C1. The number of primary amides is 1. The molecular formula is C14H17ClN2O3. The van der Waals surface area contributed by atoms with E-state index in [9.17, 15) is 9.59 Å². The van der Waals surface area contributed by atoms with E-state index in [0.717, 1.165) is 11.3 Å². The summed E-state index contributed by atoms with van der Waals surface area (Å²) in [5.41, 5.74) is 5.98. The van der Waals surface area contributed by atoms with Crippen LogP contribution in [0.25, 0.3) is 0 Å². The number of nitrogens with one attached hydrogen (secondary N) is 1. The third kappa shape index (κ3) is 3.87. The van der Waals surface area contributed by atoms with Gasteiger partial charge in [-0.3, -0.25) is 9.59 Å². The Morgan fingerprint density at radius 1 is 1.45 bits per heavy atom. The Hall–Kier alpha value is -1.75. The minimum absolute atomic E-state index is 0.0694. The van der Waals surface area contributed by atoms with Gasteiger partial charge in [-0.25, -0.2) is 0 Å². The molecule has 6 heteroatoms. The fraction of sp³-hybridized carbons (Fsp3) is 0.429. The van der Waals surface area contributed by atoms with Crippen molar-refractivity contribution in [2.75, 3.05) is 13.2 Å². The number of benzene rings is 1. The van der Waals surface area contributed by atoms with Gasteiger partial charge in [0.05, 0.1) is 5.92 Å². The van der Waals surface area contributed by atoms with Crippen molar-refractivity contribution < 1.29 is 14.3 Å². The van der Waals surface area contributed by atoms with E-state index in [-0.39, 0.29) is 24.2 Å². The molecule has 0 radical (unpaired) electrons. The number of halogens is 1. The van der Waals surface area contributed by atoms with Crippen molar-refractivity contribution in [1.29, 1.82) is 0 Å². The second kappa shape index (κ2) is 6.61. The highest BCUT2D eigenvalue weighted by Crippen LogP contribution is 2.29. The zero-order valence-corrected chi connectivity index (χ0v) is 11.8. The fourth-order valence-electron chi connectivity index (χ4n) is 2.15. The van der Waals surface area contributed by atoms with Crippen molar-refractivity contribution in [3.8, 4) is 5.75 Å². The summed E-state index contributed by atoms with van der Waals surface area (Å²) in [6, 6.07) is 5.41. The maximum Gasteiger partial charge on any atom is 0.226 e. The maximum atomic E-state index is 12.0. The molecule has 0 saturated carbocycles. The van der Waals surface area contributed by atoms with Crippen LogP contribution in [0.2, 0.25) is 5.02 Å². The van der Waals surface area contributed by atoms with Gasteiger partial charge in [-0.1, -0.05) is 11.6 Å². The van der Waals surface area contributed by atoms with Gasteiger partial charge < -0.3 is 15.8 Å². The predicted octanol–water partition coefficient (Wildman–Crippen LogP) is 1.27. The molecule has 1 atom stereocenters. The lowest BCUT2D eigenvalue weighted by atomic mass is 9.96. The first-order chi connectivity index (χ1) is 9.56. The van der Waals surface area contributed by atoms with E-state index < -0.39 is 0 Å². The van der Waals surface area contributed by atoms with Gasteiger partial charge in [0.2, 0.25) is 11.8 Å². The number of fused-ring (bicyclic) bond motifs is 1. The van der Waals surface area contributed by atoms with Crippen molar-refractivity contribution in [3.05, 3.63) is 28.8 Å². The Morgan fingerprint density at radius 3 is 3.00 bits per heavy atom. The van der Waals surface area contributed by atoms with Crippen LogP contribution < -0.4 is 15.8 Å². The summed E-state index contributed by atoms with van der Waals surface area (Å²) in [5.74, 6) is 0.130. The molecule has 0 bridgehead atoms. The average molecular weight is 297 g/mol. The lowest BCUT2D eigenvalue weighted by molar-refractivity contribution is -0.126. The van der Waals surface area contributed by atoms with Crippen LogP contribution in [0.15, 0.2) is 18.2 Å². The van der Waals surface area contributed by atoms with Gasteiger partial charge in [0, 0.05) is 18.0 Å². The molecule has 3 N–H and O–H groups in total. The van der Waals surface area contributed by atoms with Gasteiger partial charge >= 0.3 is 0 Å². The molecule has 1 unspecified atom stereocenters. The van der Waals surface area contributed by atoms with Gasteiger partial charge in [-0.2, -0.15) is 0 Å². The third-order valence-corrected chi connectivity index (χ3v) is 3.43. The van der Waals surface area contributed by atoms with E-state index in [1.54, 1.807) is 6.07 Å². The molecule has 0 spiro atoms. The summed E-state index contributed by atoms with van der Waals surface area (Å²) < 4.78 is 5.56. The quantitative estimate of drug-likeness (QED) is 0.803. The zero-order chi connectivity index (χ0) is 14.5. The summed E-state index contributed by atoms with van der Waals surface area (Å²) in [7, 11) is 0. The summed E-state index contributed by atoms with van der Waals surface area (Å²) in [6.45, 7) is 0.803. The Morgan fingerprint density at radius 2 is 2.25 bits per heavy atom. The van der Waals surface area contributed by atoms with Crippen LogP contribution in [0.5, 0.6) is 5.75 Å². The molecule has 1 aromatic carbocycles. The van der Waals surface area contributed by atoms with Gasteiger partial charge in [0.25, 0.3) is 0 Å². The van der Waals surface area contributed by atoms with Crippen molar-refractivity contribution in [2.24, 2.45) is 11.7 Å². The Labute approximate surface area is 122 Å². The molecular weight excluding hydrogens is 280 g/mol. The smallest absolute Gasteiger partial charge is 0.226 e.